The van der Waals surface area contributed by atoms with Crippen molar-refractivity contribution in [3.8, 4) is 0 Å². The molecule has 2 amide bonds. The summed E-state index contributed by atoms with van der Waals surface area (Å²) in [6.07, 6.45) is 1.19. The first-order valence-electron chi connectivity index (χ1n) is 8.15. The van der Waals surface area contributed by atoms with Crippen molar-refractivity contribution in [3.63, 3.8) is 0 Å². The predicted octanol–water partition coefficient (Wildman–Crippen LogP) is 1.34. The number of piperazine rings is 1. The average molecular weight is 331 g/mol. The minimum absolute atomic E-state index is 0.0490. The lowest BCUT2D eigenvalue weighted by atomic mass is 10.1. The van der Waals surface area contributed by atoms with E-state index in [-0.39, 0.29) is 30.5 Å². The molecule has 0 saturated carbocycles. The van der Waals surface area contributed by atoms with Gasteiger partial charge in [-0.25, -0.2) is 0 Å². The largest absolute Gasteiger partial charge is 0.395 e. The van der Waals surface area contributed by atoms with Crippen molar-refractivity contribution in [1.82, 2.24) is 9.80 Å². The topological polar surface area (TPSA) is 72.9 Å². The van der Waals surface area contributed by atoms with Crippen molar-refractivity contribution in [1.29, 1.82) is 0 Å². The van der Waals surface area contributed by atoms with Gasteiger partial charge in [-0.3, -0.25) is 14.5 Å². The molecular formula is C18H25N3O3. The van der Waals surface area contributed by atoms with Crippen molar-refractivity contribution < 1.29 is 14.7 Å². The van der Waals surface area contributed by atoms with Crippen molar-refractivity contribution in [2.45, 2.75) is 25.9 Å². The smallest absolute Gasteiger partial charge is 0.254 e. The van der Waals surface area contributed by atoms with E-state index in [0.29, 0.717) is 30.9 Å². The highest BCUT2D eigenvalue weighted by molar-refractivity contribution is 6.00. The zero-order chi connectivity index (χ0) is 17.7. The van der Waals surface area contributed by atoms with E-state index in [4.69, 9.17) is 5.11 Å². The lowest BCUT2D eigenvalue weighted by Crippen LogP contribution is -2.58. The molecule has 1 aliphatic rings. The molecule has 0 unspecified atom stereocenters. The maximum atomic E-state index is 12.8. The van der Waals surface area contributed by atoms with Crippen LogP contribution in [0, 0.1) is 0 Å². The van der Waals surface area contributed by atoms with Crippen LogP contribution in [0.25, 0.3) is 0 Å². The number of aliphatic hydroxyl groups is 1. The van der Waals surface area contributed by atoms with E-state index in [2.05, 4.69) is 30.6 Å². The van der Waals surface area contributed by atoms with Crippen molar-refractivity contribution >= 4 is 17.5 Å². The van der Waals surface area contributed by atoms with Crippen LogP contribution in [0.2, 0.25) is 0 Å². The van der Waals surface area contributed by atoms with Crippen molar-refractivity contribution in [2.75, 3.05) is 31.6 Å². The summed E-state index contributed by atoms with van der Waals surface area (Å²) in [4.78, 5) is 28.2. The fourth-order valence-corrected chi connectivity index (χ4v) is 3.18. The van der Waals surface area contributed by atoms with Gasteiger partial charge >= 0.3 is 0 Å². The maximum absolute atomic E-state index is 12.8. The summed E-state index contributed by atoms with van der Waals surface area (Å²) in [7, 11) is 0. The van der Waals surface area contributed by atoms with Gasteiger partial charge in [0.15, 0.2) is 0 Å². The molecule has 1 aliphatic heterocycles. The fraction of sp³-hybridized carbons (Fsp3) is 0.444. The van der Waals surface area contributed by atoms with Gasteiger partial charge in [0, 0.05) is 43.0 Å². The number of carbonyl (C=O) groups is 2. The minimum Gasteiger partial charge on any atom is -0.395 e. The minimum atomic E-state index is -0.306. The summed E-state index contributed by atoms with van der Waals surface area (Å²) >= 11 is 0. The number of hydrogen-bond donors (Lipinski definition) is 2. The molecule has 1 aromatic rings. The Morgan fingerprint density at radius 3 is 2.58 bits per heavy atom. The van der Waals surface area contributed by atoms with Gasteiger partial charge in [0.25, 0.3) is 5.91 Å². The number of rotatable bonds is 5. The summed E-state index contributed by atoms with van der Waals surface area (Å²) in [6.45, 7) is 9.51. The second kappa shape index (κ2) is 8.08. The van der Waals surface area contributed by atoms with Crippen LogP contribution >= 0.6 is 0 Å². The summed E-state index contributed by atoms with van der Waals surface area (Å²) in [5.74, 6) is -0.355. The van der Waals surface area contributed by atoms with Gasteiger partial charge in [0.2, 0.25) is 5.91 Å². The highest BCUT2D eigenvalue weighted by Crippen LogP contribution is 2.19. The number of nitrogens with one attached hydrogen (secondary N) is 1. The molecule has 1 heterocycles. The van der Waals surface area contributed by atoms with Crippen LogP contribution in [0.15, 0.2) is 36.9 Å². The molecule has 1 fully saturated rings. The number of nitrogens with zero attached hydrogens (tertiary/aromatic N) is 2. The van der Waals surface area contributed by atoms with Crippen molar-refractivity contribution in [2.24, 2.45) is 0 Å². The van der Waals surface area contributed by atoms with Gasteiger partial charge in [-0.1, -0.05) is 12.6 Å². The summed E-state index contributed by atoms with van der Waals surface area (Å²) in [5, 5.41) is 11.8. The monoisotopic (exact) mass is 331 g/mol. The molecule has 6 heteroatoms. The van der Waals surface area contributed by atoms with Crippen LogP contribution < -0.4 is 5.32 Å². The molecule has 2 N–H and O–H groups in total. The second-order valence-electron chi connectivity index (χ2n) is 6.14. The van der Waals surface area contributed by atoms with E-state index in [9.17, 15) is 9.59 Å². The maximum Gasteiger partial charge on any atom is 0.254 e. The van der Waals surface area contributed by atoms with Crippen LogP contribution in [-0.2, 0) is 4.79 Å². The van der Waals surface area contributed by atoms with Crippen LogP contribution in [0.4, 0.5) is 5.69 Å². The number of amides is 2. The molecule has 1 aromatic carbocycles. The van der Waals surface area contributed by atoms with Gasteiger partial charge < -0.3 is 15.3 Å². The van der Waals surface area contributed by atoms with Crippen LogP contribution in [0.5, 0.6) is 0 Å². The third-order valence-electron chi connectivity index (χ3n) is 4.31. The first kappa shape index (κ1) is 18.2. The zero-order valence-electron chi connectivity index (χ0n) is 14.2. The Bertz CT molecular complexity index is 605. The number of anilines is 1. The van der Waals surface area contributed by atoms with E-state index in [1.54, 1.807) is 24.3 Å². The molecule has 0 aromatic heterocycles. The molecule has 0 radical (unpaired) electrons. The molecule has 0 bridgehead atoms. The molecule has 24 heavy (non-hydrogen) atoms. The Morgan fingerprint density at radius 2 is 2.00 bits per heavy atom. The normalized spacial score (nSPS) is 21.4. The summed E-state index contributed by atoms with van der Waals surface area (Å²) < 4.78 is 0. The van der Waals surface area contributed by atoms with E-state index in [1.807, 2.05) is 4.90 Å². The molecule has 2 atom stereocenters. The van der Waals surface area contributed by atoms with Gasteiger partial charge in [-0.2, -0.15) is 0 Å². The molecule has 130 valence electrons. The fourth-order valence-electron chi connectivity index (χ4n) is 3.18. The van der Waals surface area contributed by atoms with Crippen LogP contribution in [0.1, 0.15) is 24.2 Å². The summed E-state index contributed by atoms with van der Waals surface area (Å²) in [5.41, 5.74) is 1.12. The predicted molar refractivity (Wildman–Crippen MR) is 93.9 cm³/mol. The quantitative estimate of drug-likeness (QED) is 0.799. The zero-order valence-corrected chi connectivity index (χ0v) is 14.2. The van der Waals surface area contributed by atoms with E-state index in [0.717, 1.165) is 0 Å². The molecule has 1 saturated heterocycles. The Balaban J connectivity index is 2.10. The highest BCUT2D eigenvalue weighted by atomic mass is 16.3. The van der Waals surface area contributed by atoms with E-state index >= 15 is 0 Å². The molecule has 2 rings (SSSR count). The lowest BCUT2D eigenvalue weighted by molar-refractivity contribution is -0.111. The third kappa shape index (κ3) is 4.21. The standard InChI is InChI=1S/C18H25N3O3/c1-4-17(23)19-16-7-5-6-15(10-16)18(24)20-11-13(2)21(8-9-22)14(3)12-20/h4-7,10,13-14,22H,1,8-9,11-12H2,2-3H3,(H,19,23)/t13-,14+. The van der Waals surface area contributed by atoms with Gasteiger partial charge in [0.05, 0.1) is 6.61 Å². The highest BCUT2D eigenvalue weighted by Gasteiger charge is 2.31. The SMILES string of the molecule is C=CC(=O)Nc1cccc(C(=O)N2C[C@@H](C)N(CCO)[C@@H](C)C2)c1. The first-order valence-corrected chi connectivity index (χ1v) is 8.15. The lowest BCUT2D eigenvalue weighted by Gasteiger charge is -2.44. The molecule has 0 spiro atoms. The van der Waals surface area contributed by atoms with E-state index in [1.165, 1.54) is 6.08 Å². The number of hydrogen-bond acceptors (Lipinski definition) is 4. The molecule has 0 aliphatic carbocycles. The van der Waals surface area contributed by atoms with E-state index < -0.39 is 0 Å². The average Bonchev–Trinajstić information content (AvgIpc) is 2.57. The molecule has 6 nitrogen and oxygen atoms in total. The number of carbonyl (C=O) groups excluding carboxylic acids is 2. The number of aliphatic hydroxyl groups excluding tert-OH is 1. The summed E-state index contributed by atoms with van der Waals surface area (Å²) in [6, 6.07) is 7.30. The van der Waals surface area contributed by atoms with Gasteiger partial charge in [0.1, 0.15) is 0 Å². The Kier molecular flexibility index (Phi) is 6.11. The Morgan fingerprint density at radius 1 is 1.33 bits per heavy atom. The first-order chi connectivity index (χ1) is 11.5. The van der Waals surface area contributed by atoms with Gasteiger partial charge in [-0.15, -0.1) is 0 Å². The Hall–Kier alpha value is -2.18. The Labute approximate surface area is 142 Å². The van der Waals surface area contributed by atoms with Crippen molar-refractivity contribution in [3.05, 3.63) is 42.5 Å². The second-order valence-corrected chi connectivity index (χ2v) is 6.14. The third-order valence-corrected chi connectivity index (χ3v) is 4.31. The number of β-amino-alcohol motifs (C(OH)–C–C–N with tert-alkyl or cyclic N) is 1. The van der Waals surface area contributed by atoms with Gasteiger partial charge in [-0.05, 0) is 38.1 Å². The van der Waals surface area contributed by atoms with Crippen LogP contribution in [0.3, 0.4) is 0 Å². The van der Waals surface area contributed by atoms with Crippen LogP contribution in [-0.4, -0.2) is 65.0 Å². The number of benzene rings is 1. The molecular weight excluding hydrogens is 306 g/mol.